The lowest BCUT2D eigenvalue weighted by molar-refractivity contribution is 0.601. The van der Waals surface area contributed by atoms with Crippen molar-refractivity contribution in [3.63, 3.8) is 0 Å². The SMILES string of the molecule is CCCNCc1coc2ccc(Br)cc12. The lowest BCUT2D eigenvalue weighted by atomic mass is 10.2. The molecule has 0 atom stereocenters. The van der Waals surface area contributed by atoms with E-state index in [9.17, 15) is 0 Å². The van der Waals surface area contributed by atoms with Gasteiger partial charge in [-0.15, -0.1) is 0 Å². The van der Waals surface area contributed by atoms with Gasteiger partial charge in [0.15, 0.2) is 0 Å². The molecule has 0 aliphatic rings. The van der Waals surface area contributed by atoms with Crippen LogP contribution in [0.4, 0.5) is 0 Å². The molecule has 0 radical (unpaired) electrons. The standard InChI is InChI=1S/C12H14BrNO/c1-2-5-14-7-9-8-15-12-4-3-10(13)6-11(9)12/h3-4,6,8,14H,2,5,7H2,1H3. The molecule has 0 saturated heterocycles. The molecule has 0 unspecified atom stereocenters. The Morgan fingerprint density at radius 2 is 2.27 bits per heavy atom. The van der Waals surface area contributed by atoms with Gasteiger partial charge in [0.05, 0.1) is 6.26 Å². The summed E-state index contributed by atoms with van der Waals surface area (Å²) in [7, 11) is 0. The highest BCUT2D eigenvalue weighted by Crippen LogP contribution is 2.24. The number of halogens is 1. The number of hydrogen-bond acceptors (Lipinski definition) is 2. The molecule has 0 bridgehead atoms. The molecule has 0 amide bonds. The number of furan rings is 1. The van der Waals surface area contributed by atoms with Gasteiger partial charge in [-0.05, 0) is 31.2 Å². The first-order chi connectivity index (χ1) is 7.31. The number of benzene rings is 1. The molecule has 15 heavy (non-hydrogen) atoms. The summed E-state index contributed by atoms with van der Waals surface area (Å²) >= 11 is 3.47. The molecule has 0 fully saturated rings. The molecular weight excluding hydrogens is 254 g/mol. The molecule has 0 aliphatic heterocycles. The van der Waals surface area contributed by atoms with Crippen molar-refractivity contribution in [2.24, 2.45) is 0 Å². The molecule has 0 aliphatic carbocycles. The maximum atomic E-state index is 5.47. The molecule has 2 nitrogen and oxygen atoms in total. The first kappa shape index (κ1) is 10.7. The second-order valence-corrected chi connectivity index (χ2v) is 4.49. The summed E-state index contributed by atoms with van der Waals surface area (Å²) in [5.41, 5.74) is 2.17. The molecule has 2 aromatic rings. The van der Waals surface area contributed by atoms with Gasteiger partial charge in [0.1, 0.15) is 5.58 Å². The third-order valence-electron chi connectivity index (χ3n) is 2.36. The van der Waals surface area contributed by atoms with Gasteiger partial charge in [0.25, 0.3) is 0 Å². The van der Waals surface area contributed by atoms with Crippen LogP contribution in [-0.2, 0) is 6.54 Å². The fourth-order valence-corrected chi connectivity index (χ4v) is 1.95. The first-order valence-corrected chi connectivity index (χ1v) is 5.97. The Hall–Kier alpha value is -0.800. The average molecular weight is 268 g/mol. The summed E-state index contributed by atoms with van der Waals surface area (Å²) < 4.78 is 6.56. The number of nitrogens with one attached hydrogen (secondary N) is 1. The molecule has 1 N–H and O–H groups in total. The van der Waals surface area contributed by atoms with Crippen molar-refractivity contribution < 1.29 is 4.42 Å². The predicted octanol–water partition coefficient (Wildman–Crippen LogP) is 3.69. The Kier molecular flexibility index (Phi) is 3.44. The van der Waals surface area contributed by atoms with Crippen LogP contribution in [0.2, 0.25) is 0 Å². The molecule has 0 saturated carbocycles. The molecule has 0 spiro atoms. The Labute approximate surface area is 97.8 Å². The van der Waals surface area contributed by atoms with Crippen LogP contribution in [0.3, 0.4) is 0 Å². The van der Waals surface area contributed by atoms with E-state index in [0.717, 1.165) is 29.6 Å². The van der Waals surface area contributed by atoms with Crippen LogP contribution in [0.15, 0.2) is 33.4 Å². The van der Waals surface area contributed by atoms with Crippen molar-refractivity contribution in [2.45, 2.75) is 19.9 Å². The van der Waals surface area contributed by atoms with Gasteiger partial charge in [-0.1, -0.05) is 22.9 Å². The van der Waals surface area contributed by atoms with E-state index in [1.807, 2.05) is 18.4 Å². The van der Waals surface area contributed by atoms with E-state index in [-0.39, 0.29) is 0 Å². The molecule has 80 valence electrons. The van der Waals surface area contributed by atoms with Crippen LogP contribution in [-0.4, -0.2) is 6.54 Å². The summed E-state index contributed by atoms with van der Waals surface area (Å²) in [4.78, 5) is 0. The van der Waals surface area contributed by atoms with E-state index in [2.05, 4.69) is 34.2 Å². The van der Waals surface area contributed by atoms with Crippen molar-refractivity contribution in [1.82, 2.24) is 5.32 Å². The van der Waals surface area contributed by atoms with Gasteiger partial charge in [0.2, 0.25) is 0 Å². The minimum absolute atomic E-state index is 0.872. The predicted molar refractivity (Wildman–Crippen MR) is 65.9 cm³/mol. The van der Waals surface area contributed by atoms with Crippen molar-refractivity contribution in [2.75, 3.05) is 6.54 Å². The summed E-state index contributed by atoms with van der Waals surface area (Å²) in [6, 6.07) is 6.08. The van der Waals surface area contributed by atoms with Gasteiger partial charge >= 0.3 is 0 Å². The normalized spacial score (nSPS) is 11.1. The highest BCUT2D eigenvalue weighted by Gasteiger charge is 2.05. The summed E-state index contributed by atoms with van der Waals surface area (Å²) in [5, 5.41) is 4.56. The fourth-order valence-electron chi connectivity index (χ4n) is 1.59. The molecule has 1 aromatic carbocycles. The zero-order valence-electron chi connectivity index (χ0n) is 8.72. The zero-order chi connectivity index (χ0) is 10.7. The minimum atomic E-state index is 0.872. The van der Waals surface area contributed by atoms with Gasteiger partial charge in [-0.25, -0.2) is 0 Å². The van der Waals surface area contributed by atoms with E-state index in [0.29, 0.717) is 0 Å². The lowest BCUT2D eigenvalue weighted by Gasteiger charge is -2.00. The van der Waals surface area contributed by atoms with Crippen molar-refractivity contribution in [3.05, 3.63) is 34.5 Å². The van der Waals surface area contributed by atoms with E-state index >= 15 is 0 Å². The molecule has 2 rings (SSSR count). The topological polar surface area (TPSA) is 25.2 Å². The van der Waals surface area contributed by atoms with E-state index in [1.54, 1.807) is 0 Å². The lowest BCUT2D eigenvalue weighted by Crippen LogP contribution is -2.13. The second-order valence-electron chi connectivity index (χ2n) is 3.58. The van der Waals surface area contributed by atoms with Crippen LogP contribution in [0.1, 0.15) is 18.9 Å². The zero-order valence-corrected chi connectivity index (χ0v) is 10.3. The van der Waals surface area contributed by atoms with Gasteiger partial charge in [0, 0.05) is 22.0 Å². The Bertz CT molecular complexity index is 450. The summed E-state index contributed by atoms with van der Waals surface area (Å²) in [6.07, 6.45) is 2.99. The maximum Gasteiger partial charge on any atom is 0.134 e. The van der Waals surface area contributed by atoms with Crippen LogP contribution in [0, 0.1) is 0 Å². The van der Waals surface area contributed by atoms with Crippen molar-refractivity contribution in [3.8, 4) is 0 Å². The van der Waals surface area contributed by atoms with Gasteiger partial charge in [-0.2, -0.15) is 0 Å². The van der Waals surface area contributed by atoms with Crippen LogP contribution in [0.5, 0.6) is 0 Å². The highest BCUT2D eigenvalue weighted by atomic mass is 79.9. The van der Waals surface area contributed by atoms with Crippen molar-refractivity contribution >= 4 is 26.9 Å². The third kappa shape index (κ3) is 2.41. The summed E-state index contributed by atoms with van der Waals surface area (Å²) in [6.45, 7) is 4.08. The summed E-state index contributed by atoms with van der Waals surface area (Å²) in [5.74, 6) is 0. The minimum Gasteiger partial charge on any atom is -0.464 e. The Balaban J connectivity index is 2.23. The van der Waals surface area contributed by atoms with Crippen LogP contribution >= 0.6 is 15.9 Å². The van der Waals surface area contributed by atoms with E-state index in [4.69, 9.17) is 4.42 Å². The second kappa shape index (κ2) is 4.81. The van der Waals surface area contributed by atoms with Gasteiger partial charge < -0.3 is 9.73 Å². The van der Waals surface area contributed by atoms with E-state index in [1.165, 1.54) is 10.9 Å². The number of hydrogen-bond donors (Lipinski definition) is 1. The highest BCUT2D eigenvalue weighted by molar-refractivity contribution is 9.10. The van der Waals surface area contributed by atoms with E-state index < -0.39 is 0 Å². The van der Waals surface area contributed by atoms with Crippen LogP contribution in [0.25, 0.3) is 11.0 Å². The molecule has 1 heterocycles. The average Bonchev–Trinajstić information content (AvgIpc) is 2.62. The number of fused-ring (bicyclic) bond motifs is 1. The molecule has 3 heteroatoms. The number of rotatable bonds is 4. The molecular formula is C12H14BrNO. The van der Waals surface area contributed by atoms with Crippen molar-refractivity contribution in [1.29, 1.82) is 0 Å². The Morgan fingerprint density at radius 3 is 3.07 bits per heavy atom. The smallest absolute Gasteiger partial charge is 0.134 e. The Morgan fingerprint density at radius 1 is 1.40 bits per heavy atom. The fraction of sp³-hybridized carbons (Fsp3) is 0.333. The monoisotopic (exact) mass is 267 g/mol. The maximum absolute atomic E-state index is 5.47. The van der Waals surface area contributed by atoms with Gasteiger partial charge in [-0.3, -0.25) is 0 Å². The molecule has 1 aromatic heterocycles. The largest absolute Gasteiger partial charge is 0.464 e. The first-order valence-electron chi connectivity index (χ1n) is 5.17. The quantitative estimate of drug-likeness (QED) is 0.855. The van der Waals surface area contributed by atoms with Crippen LogP contribution < -0.4 is 5.32 Å². The third-order valence-corrected chi connectivity index (χ3v) is 2.85.